The monoisotopic (exact) mass is 410 g/mol. The van der Waals surface area contributed by atoms with Gasteiger partial charge in [-0.05, 0) is 41.5 Å². The molecule has 0 aromatic heterocycles. The number of hydrogen-bond donors (Lipinski definition) is 1. The fourth-order valence-corrected chi connectivity index (χ4v) is 6.07. The second-order valence-electron chi connectivity index (χ2n) is 7.81. The fourth-order valence-electron chi connectivity index (χ4n) is 3.94. The fraction of sp³-hybridized carbons (Fsp3) is 1.00. The Morgan fingerprint density at radius 1 is 0.963 bits per heavy atom. The van der Waals surface area contributed by atoms with Crippen LogP contribution in [-0.4, -0.2) is 72.9 Å². The van der Waals surface area contributed by atoms with Crippen molar-refractivity contribution >= 4 is 7.60 Å². The van der Waals surface area contributed by atoms with Crippen LogP contribution >= 0.6 is 7.60 Å². The van der Waals surface area contributed by atoms with Gasteiger partial charge in [0.05, 0.1) is 26.4 Å². The zero-order valence-electron chi connectivity index (χ0n) is 16.8. The molecule has 3 saturated heterocycles. The van der Waals surface area contributed by atoms with Gasteiger partial charge in [0.2, 0.25) is 5.34 Å². The van der Waals surface area contributed by atoms with Crippen LogP contribution in [0.25, 0.3) is 0 Å². The van der Waals surface area contributed by atoms with Gasteiger partial charge in [0.15, 0.2) is 11.6 Å². The summed E-state index contributed by atoms with van der Waals surface area (Å²) < 4.78 is 54.6. The van der Waals surface area contributed by atoms with Crippen molar-refractivity contribution in [3.63, 3.8) is 0 Å². The van der Waals surface area contributed by atoms with E-state index in [2.05, 4.69) is 0 Å². The van der Waals surface area contributed by atoms with Crippen molar-refractivity contribution in [2.24, 2.45) is 0 Å². The summed E-state index contributed by atoms with van der Waals surface area (Å²) in [6, 6.07) is 0. The molecule has 27 heavy (non-hydrogen) atoms. The van der Waals surface area contributed by atoms with Crippen LogP contribution in [0.2, 0.25) is 0 Å². The van der Waals surface area contributed by atoms with E-state index in [4.69, 9.17) is 32.7 Å². The van der Waals surface area contributed by atoms with E-state index >= 15 is 0 Å². The molecule has 0 aromatic carbocycles. The SMILES string of the molecule is CCOP(=O)(OCC)[C@@]1(CO)O[C@H]([C@H]2COC(C)(C)O2)[C@@H]2OC(C)(C)O[C@@H]21. The van der Waals surface area contributed by atoms with E-state index in [0.29, 0.717) is 0 Å². The van der Waals surface area contributed by atoms with E-state index in [1.165, 1.54) is 0 Å². The highest BCUT2D eigenvalue weighted by atomic mass is 31.2. The summed E-state index contributed by atoms with van der Waals surface area (Å²) in [6.07, 6.45) is -2.61. The summed E-state index contributed by atoms with van der Waals surface area (Å²) in [6.45, 7) is 10.5. The second-order valence-corrected chi connectivity index (χ2v) is 10.1. The largest absolute Gasteiger partial charge is 0.393 e. The molecule has 9 nitrogen and oxygen atoms in total. The molecule has 3 heterocycles. The Morgan fingerprint density at radius 3 is 2.07 bits per heavy atom. The molecule has 0 unspecified atom stereocenters. The van der Waals surface area contributed by atoms with E-state index in [0.717, 1.165) is 0 Å². The van der Waals surface area contributed by atoms with Crippen LogP contribution in [0, 0.1) is 0 Å². The molecule has 3 aliphatic rings. The Kier molecular flexibility index (Phi) is 5.85. The summed E-state index contributed by atoms with van der Waals surface area (Å²) >= 11 is 0. The third-order valence-electron chi connectivity index (χ3n) is 4.92. The van der Waals surface area contributed by atoms with Crippen LogP contribution < -0.4 is 0 Å². The molecule has 0 saturated carbocycles. The summed E-state index contributed by atoms with van der Waals surface area (Å²) in [5.41, 5.74) is 0. The lowest BCUT2D eigenvalue weighted by Crippen LogP contribution is -2.47. The number of aliphatic hydroxyl groups excluding tert-OH is 1. The first kappa shape index (κ1) is 21.6. The zero-order valence-corrected chi connectivity index (χ0v) is 17.7. The highest BCUT2D eigenvalue weighted by Crippen LogP contribution is 2.67. The van der Waals surface area contributed by atoms with Gasteiger partial charge in [-0.1, -0.05) is 0 Å². The number of aliphatic hydroxyl groups is 1. The van der Waals surface area contributed by atoms with Crippen molar-refractivity contribution in [1.82, 2.24) is 0 Å². The highest BCUT2D eigenvalue weighted by molar-refractivity contribution is 7.55. The molecular weight excluding hydrogens is 379 g/mol. The molecule has 3 rings (SSSR count). The molecule has 1 N–H and O–H groups in total. The molecule has 5 atom stereocenters. The molecule has 0 spiro atoms. The molecule has 3 aliphatic heterocycles. The van der Waals surface area contributed by atoms with E-state index < -0.39 is 55.5 Å². The molecule has 3 fully saturated rings. The smallest absolute Gasteiger partial charge is 0.367 e. The van der Waals surface area contributed by atoms with Crippen LogP contribution in [0.15, 0.2) is 0 Å². The molecule has 10 heteroatoms. The van der Waals surface area contributed by atoms with Gasteiger partial charge in [0, 0.05) is 0 Å². The van der Waals surface area contributed by atoms with E-state index in [1.807, 2.05) is 0 Å². The van der Waals surface area contributed by atoms with Crippen LogP contribution in [-0.2, 0) is 37.3 Å². The number of fused-ring (bicyclic) bond motifs is 1. The molecular formula is C17H31O9P. The van der Waals surface area contributed by atoms with Gasteiger partial charge < -0.3 is 37.8 Å². The van der Waals surface area contributed by atoms with Gasteiger partial charge in [-0.25, -0.2) is 0 Å². The van der Waals surface area contributed by atoms with Crippen molar-refractivity contribution in [2.75, 3.05) is 26.4 Å². The minimum atomic E-state index is -3.91. The standard InChI is InChI=1S/C17H31O9P/c1-7-21-27(19,22-8-2)17(10-18)14-13(24-16(5,6)26-14)12(25-17)11-9-20-15(3,4)23-11/h11-14,18H,7-10H2,1-6H3/t11-,12-,13+,14+,17-/m1/s1. The third-order valence-corrected chi connectivity index (χ3v) is 7.55. The van der Waals surface area contributed by atoms with Gasteiger partial charge in [0.25, 0.3) is 0 Å². The lowest BCUT2D eigenvalue weighted by atomic mass is 10.0. The van der Waals surface area contributed by atoms with Crippen molar-refractivity contribution in [2.45, 2.75) is 82.9 Å². The first-order valence-electron chi connectivity index (χ1n) is 9.38. The molecule has 0 bridgehead atoms. The van der Waals surface area contributed by atoms with Crippen LogP contribution in [0.5, 0.6) is 0 Å². The highest BCUT2D eigenvalue weighted by Gasteiger charge is 2.72. The van der Waals surface area contributed by atoms with E-state index in [9.17, 15) is 9.67 Å². The number of hydrogen-bond acceptors (Lipinski definition) is 9. The number of rotatable bonds is 7. The van der Waals surface area contributed by atoms with Gasteiger partial charge in [-0.3, -0.25) is 4.57 Å². The summed E-state index contributed by atoms with van der Waals surface area (Å²) in [5, 5.41) is 8.61. The first-order chi connectivity index (χ1) is 12.5. The molecule has 158 valence electrons. The second kappa shape index (κ2) is 7.31. The maximum absolute atomic E-state index is 13.7. The van der Waals surface area contributed by atoms with E-state index in [1.54, 1.807) is 41.5 Å². The summed E-state index contributed by atoms with van der Waals surface area (Å²) in [5.74, 6) is -1.72. The summed E-state index contributed by atoms with van der Waals surface area (Å²) in [4.78, 5) is 0. The van der Waals surface area contributed by atoms with Crippen LogP contribution in [0.1, 0.15) is 41.5 Å². The Labute approximate surface area is 160 Å². The van der Waals surface area contributed by atoms with Crippen molar-refractivity contribution in [1.29, 1.82) is 0 Å². The molecule has 0 aliphatic carbocycles. The average molecular weight is 410 g/mol. The van der Waals surface area contributed by atoms with Crippen molar-refractivity contribution in [3.8, 4) is 0 Å². The number of ether oxygens (including phenoxy) is 5. The van der Waals surface area contributed by atoms with Gasteiger partial charge in [-0.15, -0.1) is 0 Å². The van der Waals surface area contributed by atoms with E-state index in [-0.39, 0.29) is 19.8 Å². The Hall–Kier alpha value is -0.0900. The zero-order chi connectivity index (χ0) is 20.1. The normalized spacial score (nSPS) is 40.4. The topological polar surface area (TPSA) is 102 Å². The Balaban J connectivity index is 2.00. The maximum Gasteiger partial charge on any atom is 0.367 e. The quantitative estimate of drug-likeness (QED) is 0.632. The Morgan fingerprint density at radius 2 is 1.59 bits per heavy atom. The minimum Gasteiger partial charge on any atom is -0.393 e. The van der Waals surface area contributed by atoms with Crippen LogP contribution in [0.3, 0.4) is 0 Å². The van der Waals surface area contributed by atoms with Crippen LogP contribution in [0.4, 0.5) is 0 Å². The van der Waals surface area contributed by atoms with Gasteiger partial charge in [0.1, 0.15) is 24.4 Å². The molecule has 0 amide bonds. The predicted octanol–water partition coefficient (Wildman–Crippen LogP) is 2.01. The third kappa shape index (κ3) is 3.63. The van der Waals surface area contributed by atoms with Crippen molar-refractivity contribution in [3.05, 3.63) is 0 Å². The maximum atomic E-state index is 13.7. The Bertz CT molecular complexity index is 585. The summed E-state index contributed by atoms with van der Waals surface area (Å²) in [7, 11) is -3.91. The molecule has 0 radical (unpaired) electrons. The first-order valence-corrected chi connectivity index (χ1v) is 10.9. The average Bonchev–Trinajstić information content (AvgIpc) is 3.17. The van der Waals surface area contributed by atoms with Gasteiger partial charge in [-0.2, -0.15) is 0 Å². The minimum absolute atomic E-state index is 0.130. The van der Waals surface area contributed by atoms with Gasteiger partial charge >= 0.3 is 7.60 Å². The lowest BCUT2D eigenvalue weighted by molar-refractivity contribution is -0.219. The predicted molar refractivity (Wildman–Crippen MR) is 94.3 cm³/mol. The lowest BCUT2D eigenvalue weighted by Gasteiger charge is -2.38. The molecule has 0 aromatic rings. The van der Waals surface area contributed by atoms with Crippen molar-refractivity contribution < 1.29 is 42.4 Å².